The number of likely N-dealkylation sites (tertiary alicyclic amines) is 2. The van der Waals surface area contributed by atoms with Crippen molar-refractivity contribution in [2.45, 2.75) is 77.7 Å². The summed E-state index contributed by atoms with van der Waals surface area (Å²) in [4.78, 5) is 4.73. The van der Waals surface area contributed by atoms with Gasteiger partial charge in [-0.1, -0.05) is 20.8 Å². The number of nitrogens with zero attached hydrogens (tertiary/aromatic N) is 2. The molecule has 0 aliphatic carbocycles. The molecule has 22 heavy (non-hydrogen) atoms. The second-order valence-electron chi connectivity index (χ2n) is 8.65. The smallest absolute Gasteiger partial charge is 0.138 e. The van der Waals surface area contributed by atoms with Crippen LogP contribution in [0.1, 0.15) is 54.4 Å². The van der Waals surface area contributed by atoms with E-state index in [0.29, 0.717) is 31.1 Å². The quantitative estimate of drug-likeness (QED) is 0.784. The minimum Gasteiger partial charge on any atom is -0.323 e. The lowest BCUT2D eigenvalue weighted by molar-refractivity contribution is -0.0854. The average molecular weight is 314 g/mol. The Bertz CT molecular complexity index is 371. The molecular formula is C18H36FN3. The van der Waals surface area contributed by atoms with Gasteiger partial charge >= 0.3 is 0 Å². The first-order valence-corrected chi connectivity index (χ1v) is 9.03. The van der Waals surface area contributed by atoms with E-state index < -0.39 is 5.67 Å². The highest BCUT2D eigenvalue weighted by molar-refractivity contribution is 5.04. The topological polar surface area (TPSA) is 32.5 Å². The fourth-order valence-electron chi connectivity index (χ4n) is 3.65. The zero-order chi connectivity index (χ0) is 16.7. The number of alkyl halides is 1. The number of nitrogens with two attached hydrogens (primary N) is 1. The van der Waals surface area contributed by atoms with Crippen LogP contribution in [-0.2, 0) is 0 Å². The first-order chi connectivity index (χ1) is 10.1. The van der Waals surface area contributed by atoms with Crippen molar-refractivity contribution >= 4 is 0 Å². The highest BCUT2D eigenvalue weighted by Crippen LogP contribution is 2.36. The van der Waals surface area contributed by atoms with E-state index in [-0.39, 0.29) is 11.5 Å². The van der Waals surface area contributed by atoms with E-state index in [9.17, 15) is 4.39 Å². The van der Waals surface area contributed by atoms with Gasteiger partial charge in [0.1, 0.15) is 5.67 Å². The minimum atomic E-state index is -0.958. The lowest BCUT2D eigenvalue weighted by Gasteiger charge is -2.54. The van der Waals surface area contributed by atoms with Gasteiger partial charge in [-0.05, 0) is 45.4 Å². The Kier molecular flexibility index (Phi) is 5.25. The third kappa shape index (κ3) is 3.49. The summed E-state index contributed by atoms with van der Waals surface area (Å²) in [7, 11) is 0. The van der Waals surface area contributed by atoms with Gasteiger partial charge in [0.15, 0.2) is 0 Å². The molecule has 2 heterocycles. The van der Waals surface area contributed by atoms with Gasteiger partial charge in [-0.2, -0.15) is 0 Å². The normalized spacial score (nSPS) is 27.5. The molecule has 0 amide bonds. The summed E-state index contributed by atoms with van der Waals surface area (Å²) < 4.78 is 14.3. The Hall–Kier alpha value is -0.190. The summed E-state index contributed by atoms with van der Waals surface area (Å²) >= 11 is 0. The molecule has 2 atom stereocenters. The highest BCUT2D eigenvalue weighted by Gasteiger charge is 2.48. The fraction of sp³-hybridized carbons (Fsp3) is 1.00. The van der Waals surface area contributed by atoms with Crippen molar-refractivity contribution in [3.05, 3.63) is 0 Å². The maximum Gasteiger partial charge on any atom is 0.138 e. The lowest BCUT2D eigenvalue weighted by atomic mass is 9.75. The van der Waals surface area contributed by atoms with Gasteiger partial charge in [0, 0.05) is 43.8 Å². The van der Waals surface area contributed by atoms with Gasteiger partial charge in [-0.3, -0.25) is 9.80 Å². The van der Waals surface area contributed by atoms with E-state index >= 15 is 0 Å². The molecule has 0 aromatic heterocycles. The standard InChI is InChI=1S/C18H36FN3/c1-13(2)17(19)9-22(10-17)16(6)8-7-15(5)18(20)11-21(12-18)14(3)4/h13-16H,7-12,20H2,1-6H3. The summed E-state index contributed by atoms with van der Waals surface area (Å²) in [5.74, 6) is 0.658. The van der Waals surface area contributed by atoms with Gasteiger partial charge in [-0.15, -0.1) is 0 Å². The van der Waals surface area contributed by atoms with Gasteiger partial charge in [0.25, 0.3) is 0 Å². The summed E-state index contributed by atoms with van der Waals surface area (Å²) in [6, 6.07) is 1.06. The second kappa shape index (κ2) is 6.37. The summed E-state index contributed by atoms with van der Waals surface area (Å²) in [6.45, 7) is 16.2. The summed E-state index contributed by atoms with van der Waals surface area (Å²) in [5.41, 5.74) is 5.58. The lowest BCUT2D eigenvalue weighted by Crippen LogP contribution is -2.71. The Labute approximate surface area is 136 Å². The Balaban J connectivity index is 1.70. The number of halogens is 1. The van der Waals surface area contributed by atoms with Gasteiger partial charge < -0.3 is 5.73 Å². The molecule has 0 aromatic carbocycles. The molecular weight excluding hydrogens is 277 g/mol. The van der Waals surface area contributed by atoms with Gasteiger partial charge in [0.2, 0.25) is 0 Å². The summed E-state index contributed by atoms with van der Waals surface area (Å²) in [6.07, 6.45) is 2.26. The van der Waals surface area contributed by atoms with Crippen molar-refractivity contribution in [1.82, 2.24) is 9.80 Å². The Morgan fingerprint density at radius 1 is 0.909 bits per heavy atom. The van der Waals surface area contributed by atoms with E-state index in [1.807, 2.05) is 13.8 Å². The summed E-state index contributed by atoms with van der Waals surface area (Å²) in [5, 5.41) is 0. The first-order valence-electron chi connectivity index (χ1n) is 9.03. The molecule has 0 aromatic rings. The molecule has 0 saturated carbocycles. The van der Waals surface area contributed by atoms with Gasteiger partial charge in [-0.25, -0.2) is 4.39 Å². The van der Waals surface area contributed by atoms with Crippen LogP contribution in [0.25, 0.3) is 0 Å². The monoisotopic (exact) mass is 313 g/mol. The van der Waals surface area contributed by atoms with Crippen molar-refractivity contribution < 1.29 is 4.39 Å². The van der Waals surface area contributed by atoms with E-state index in [2.05, 4.69) is 37.5 Å². The minimum absolute atomic E-state index is 0.0132. The molecule has 2 unspecified atom stereocenters. The predicted molar refractivity (Wildman–Crippen MR) is 91.7 cm³/mol. The maximum atomic E-state index is 14.3. The van der Waals surface area contributed by atoms with Crippen molar-refractivity contribution in [2.75, 3.05) is 26.2 Å². The largest absolute Gasteiger partial charge is 0.323 e. The Morgan fingerprint density at radius 2 is 1.45 bits per heavy atom. The van der Waals surface area contributed by atoms with Crippen LogP contribution in [0.15, 0.2) is 0 Å². The molecule has 130 valence electrons. The second-order valence-corrected chi connectivity index (χ2v) is 8.65. The molecule has 0 spiro atoms. The van der Waals surface area contributed by atoms with Crippen LogP contribution in [0.5, 0.6) is 0 Å². The third-order valence-corrected chi connectivity index (χ3v) is 6.31. The van der Waals surface area contributed by atoms with Gasteiger partial charge in [0.05, 0.1) is 0 Å². The SMILES string of the molecule is CC(C)N1CC(N)(C(C)CCC(C)N2CC(F)(C(C)C)C2)C1. The fourth-order valence-corrected chi connectivity index (χ4v) is 3.65. The molecule has 2 N–H and O–H groups in total. The molecule has 2 aliphatic rings. The maximum absolute atomic E-state index is 14.3. The van der Waals surface area contributed by atoms with Crippen molar-refractivity contribution in [3.8, 4) is 0 Å². The van der Waals surface area contributed by atoms with Crippen LogP contribution in [0, 0.1) is 11.8 Å². The third-order valence-electron chi connectivity index (χ3n) is 6.31. The average Bonchev–Trinajstić information content (AvgIpc) is 2.36. The number of hydrogen-bond acceptors (Lipinski definition) is 3. The van der Waals surface area contributed by atoms with Crippen LogP contribution in [0.2, 0.25) is 0 Å². The predicted octanol–water partition coefficient (Wildman–Crippen LogP) is 2.89. The number of rotatable bonds is 7. The Morgan fingerprint density at radius 3 is 1.91 bits per heavy atom. The van der Waals surface area contributed by atoms with Crippen molar-refractivity contribution in [1.29, 1.82) is 0 Å². The molecule has 0 radical (unpaired) electrons. The van der Waals surface area contributed by atoms with Crippen LogP contribution in [-0.4, -0.2) is 59.3 Å². The van der Waals surface area contributed by atoms with E-state index in [1.54, 1.807) is 0 Å². The van der Waals surface area contributed by atoms with E-state index in [1.165, 1.54) is 0 Å². The highest BCUT2D eigenvalue weighted by atomic mass is 19.1. The van der Waals surface area contributed by atoms with Crippen LogP contribution >= 0.6 is 0 Å². The molecule has 4 heteroatoms. The zero-order valence-corrected chi connectivity index (χ0v) is 15.4. The van der Waals surface area contributed by atoms with Crippen molar-refractivity contribution in [3.63, 3.8) is 0 Å². The first kappa shape index (κ1) is 18.2. The van der Waals surface area contributed by atoms with E-state index in [0.717, 1.165) is 25.9 Å². The molecule has 2 fully saturated rings. The zero-order valence-electron chi connectivity index (χ0n) is 15.4. The number of hydrogen-bond donors (Lipinski definition) is 1. The molecule has 2 aliphatic heterocycles. The van der Waals surface area contributed by atoms with Crippen LogP contribution < -0.4 is 5.73 Å². The van der Waals surface area contributed by atoms with Crippen LogP contribution in [0.3, 0.4) is 0 Å². The molecule has 2 rings (SSSR count). The molecule has 2 saturated heterocycles. The molecule has 3 nitrogen and oxygen atoms in total. The van der Waals surface area contributed by atoms with Crippen LogP contribution in [0.4, 0.5) is 4.39 Å². The molecule has 0 bridgehead atoms. The van der Waals surface area contributed by atoms with E-state index in [4.69, 9.17) is 5.73 Å². The van der Waals surface area contributed by atoms with Crippen molar-refractivity contribution in [2.24, 2.45) is 17.6 Å².